The van der Waals surface area contributed by atoms with Crippen LogP contribution in [0.1, 0.15) is 0 Å². The van der Waals surface area contributed by atoms with Crippen LogP contribution in [0.4, 0.5) is 0 Å². The summed E-state index contributed by atoms with van der Waals surface area (Å²) in [7, 11) is 3.58. The molecule has 0 spiro atoms. The zero-order chi connectivity index (χ0) is 7.84. The second-order valence-corrected chi connectivity index (χ2v) is 2.38. The number of benzene rings is 1. The van der Waals surface area contributed by atoms with E-state index in [0.717, 1.165) is 11.0 Å². The minimum absolute atomic E-state index is 0.175. The Morgan fingerprint density at radius 3 is 2.82 bits per heavy atom. The molecule has 0 amide bonds. The van der Waals surface area contributed by atoms with E-state index < -0.39 is 0 Å². The number of nitrogens with one attached hydrogen (secondary N) is 1. The summed E-state index contributed by atoms with van der Waals surface area (Å²) in [6, 6.07) is 7.44. The molecule has 1 N–H and O–H groups in total. The van der Waals surface area contributed by atoms with Crippen molar-refractivity contribution >= 4 is 11.0 Å². The van der Waals surface area contributed by atoms with Crippen molar-refractivity contribution in [3.8, 4) is 0 Å². The van der Waals surface area contributed by atoms with Crippen LogP contribution in [-0.2, 0) is 0 Å². The molecule has 0 aliphatic heterocycles. The second kappa shape index (κ2) is 1.99. The highest BCUT2D eigenvalue weighted by Crippen LogP contribution is 2.06. The average molecular weight is 147 g/mol. The summed E-state index contributed by atoms with van der Waals surface area (Å²) in [5.74, 6) is 0. The number of nitrogens with zero attached hydrogens (tertiary/aromatic N) is 1. The van der Waals surface area contributed by atoms with Crippen LogP contribution >= 0.6 is 0 Å². The normalized spacial score (nSPS) is 10.6. The number of aromatic amines is 1. The molecule has 0 bridgehead atoms. The Kier molecular flexibility index (Phi) is 1.12. The molecule has 0 aliphatic rings. The van der Waals surface area contributed by atoms with Crippen LogP contribution in [0.15, 0.2) is 29.1 Å². The largest absolute Gasteiger partial charge is 0.326 e. The molecule has 0 saturated carbocycles. The highest BCUT2D eigenvalue weighted by molar-refractivity contribution is 5.75. The summed E-state index contributed by atoms with van der Waals surface area (Å²) in [5, 5.41) is 0. The van der Waals surface area contributed by atoms with Gasteiger partial charge in [0.2, 0.25) is 0 Å². The number of fused-ring (bicyclic) bond motifs is 1. The van der Waals surface area contributed by atoms with Gasteiger partial charge in [-0.05, 0) is 12.1 Å². The molecule has 2 aromatic rings. The molecular formula is C8H7N2O. The molecule has 55 valence electrons. The Morgan fingerprint density at radius 1 is 1.36 bits per heavy atom. The van der Waals surface area contributed by atoms with E-state index in [1.54, 1.807) is 0 Å². The van der Waals surface area contributed by atoms with E-state index in [9.17, 15) is 4.79 Å². The lowest BCUT2D eigenvalue weighted by Crippen LogP contribution is -2.10. The van der Waals surface area contributed by atoms with Crippen LogP contribution in [0.5, 0.6) is 0 Å². The maximum Gasteiger partial charge on any atom is 0.326 e. The number of hydrogen-bond acceptors (Lipinski definition) is 1. The first-order valence-electron chi connectivity index (χ1n) is 3.29. The third-order valence-electron chi connectivity index (χ3n) is 1.68. The van der Waals surface area contributed by atoms with Crippen LogP contribution in [0.25, 0.3) is 11.0 Å². The molecule has 1 heterocycles. The van der Waals surface area contributed by atoms with Gasteiger partial charge in [0.15, 0.2) is 0 Å². The van der Waals surface area contributed by atoms with Gasteiger partial charge >= 0.3 is 5.69 Å². The van der Waals surface area contributed by atoms with Gasteiger partial charge in [-0.15, -0.1) is 0 Å². The number of hydrogen-bond donors (Lipinski definition) is 1. The topological polar surface area (TPSA) is 37.8 Å². The lowest BCUT2D eigenvalue weighted by Gasteiger charge is -1.89. The van der Waals surface area contributed by atoms with Crippen LogP contribution in [0.2, 0.25) is 0 Å². The summed E-state index contributed by atoms with van der Waals surface area (Å²) in [5.41, 5.74) is 1.48. The molecule has 0 aliphatic carbocycles. The summed E-state index contributed by atoms with van der Waals surface area (Å²) < 4.78 is 1.34. The van der Waals surface area contributed by atoms with E-state index in [4.69, 9.17) is 0 Å². The van der Waals surface area contributed by atoms with Gasteiger partial charge in [0.25, 0.3) is 0 Å². The van der Waals surface area contributed by atoms with Gasteiger partial charge < -0.3 is 4.98 Å². The predicted octanol–water partition coefficient (Wildman–Crippen LogP) is 0.969. The molecule has 3 nitrogen and oxygen atoms in total. The molecule has 1 aromatic heterocycles. The highest BCUT2D eigenvalue weighted by atomic mass is 16.1. The van der Waals surface area contributed by atoms with Gasteiger partial charge in [0, 0.05) is 7.05 Å². The molecule has 1 radical (unpaired) electrons. The summed E-state index contributed by atoms with van der Waals surface area (Å²) in [6.07, 6.45) is 0. The average Bonchev–Trinajstić information content (AvgIpc) is 2.30. The van der Waals surface area contributed by atoms with E-state index in [1.807, 2.05) is 24.3 Å². The fourth-order valence-electron chi connectivity index (χ4n) is 1.11. The third-order valence-corrected chi connectivity index (χ3v) is 1.68. The molecule has 0 atom stereocenters. The Bertz CT molecular complexity index is 439. The fourth-order valence-corrected chi connectivity index (χ4v) is 1.11. The number of para-hydroxylation sites is 2. The van der Waals surface area contributed by atoms with Crippen molar-refractivity contribution in [2.24, 2.45) is 0 Å². The first kappa shape index (κ1) is 6.22. The van der Waals surface area contributed by atoms with Gasteiger partial charge in [0.1, 0.15) is 0 Å². The molecule has 0 unspecified atom stereocenters. The first-order valence-corrected chi connectivity index (χ1v) is 3.29. The lowest BCUT2D eigenvalue weighted by molar-refractivity contribution is 1.02. The van der Waals surface area contributed by atoms with E-state index in [0.29, 0.717) is 0 Å². The molecule has 2 rings (SSSR count). The minimum atomic E-state index is -0.175. The van der Waals surface area contributed by atoms with Crippen LogP contribution < -0.4 is 5.69 Å². The summed E-state index contributed by atoms with van der Waals surface area (Å²) in [4.78, 5) is 13.7. The van der Waals surface area contributed by atoms with E-state index >= 15 is 0 Å². The van der Waals surface area contributed by atoms with Crippen molar-refractivity contribution in [2.75, 3.05) is 0 Å². The van der Waals surface area contributed by atoms with E-state index in [1.165, 1.54) is 4.57 Å². The van der Waals surface area contributed by atoms with Crippen molar-refractivity contribution in [2.45, 2.75) is 0 Å². The monoisotopic (exact) mass is 147 g/mol. The van der Waals surface area contributed by atoms with Crippen LogP contribution in [0, 0.1) is 7.05 Å². The van der Waals surface area contributed by atoms with Crippen molar-refractivity contribution < 1.29 is 0 Å². The van der Waals surface area contributed by atoms with Crippen molar-refractivity contribution in [3.05, 3.63) is 41.8 Å². The molecule has 0 fully saturated rings. The van der Waals surface area contributed by atoms with Gasteiger partial charge in [0.05, 0.1) is 11.0 Å². The van der Waals surface area contributed by atoms with Crippen molar-refractivity contribution in [3.63, 3.8) is 0 Å². The Hall–Kier alpha value is -1.51. The predicted molar refractivity (Wildman–Crippen MR) is 43.3 cm³/mol. The van der Waals surface area contributed by atoms with Gasteiger partial charge in [-0.1, -0.05) is 12.1 Å². The summed E-state index contributed by atoms with van der Waals surface area (Å²) >= 11 is 0. The van der Waals surface area contributed by atoms with Crippen LogP contribution in [-0.4, -0.2) is 9.55 Å². The third kappa shape index (κ3) is 0.774. The maximum atomic E-state index is 11.0. The van der Waals surface area contributed by atoms with Gasteiger partial charge in [-0.25, -0.2) is 4.79 Å². The summed E-state index contributed by atoms with van der Waals surface area (Å²) in [6.45, 7) is 0. The van der Waals surface area contributed by atoms with E-state index in [-0.39, 0.29) is 5.69 Å². The molecule has 11 heavy (non-hydrogen) atoms. The number of rotatable bonds is 0. The number of imidazole rings is 1. The maximum absolute atomic E-state index is 11.0. The number of aromatic nitrogens is 2. The zero-order valence-electron chi connectivity index (χ0n) is 5.87. The molecule has 0 saturated heterocycles. The molecule has 1 aromatic carbocycles. The second-order valence-electron chi connectivity index (χ2n) is 2.38. The lowest BCUT2D eigenvalue weighted by atomic mass is 10.3. The minimum Gasteiger partial charge on any atom is -0.306 e. The number of H-pyrrole nitrogens is 1. The standard InChI is InChI=1S/C8H7N2O/c1-10-7-5-3-2-4-6(7)9-8(10)11/h2-5H,1H2,(H,9,11). The van der Waals surface area contributed by atoms with Gasteiger partial charge in [-0.2, -0.15) is 0 Å². The molecule has 3 heteroatoms. The fraction of sp³-hybridized carbons (Fsp3) is 0. The Labute approximate surface area is 63.3 Å². The SMILES string of the molecule is [CH2]n1c(=O)[nH]c2ccccc21. The first-order chi connectivity index (χ1) is 5.29. The molecular weight excluding hydrogens is 140 g/mol. The van der Waals surface area contributed by atoms with Crippen LogP contribution in [0.3, 0.4) is 0 Å². The highest BCUT2D eigenvalue weighted by Gasteiger charge is 1.98. The van der Waals surface area contributed by atoms with Crippen molar-refractivity contribution in [1.82, 2.24) is 9.55 Å². The van der Waals surface area contributed by atoms with Crippen molar-refractivity contribution in [1.29, 1.82) is 0 Å². The Balaban J connectivity index is 3.04. The zero-order valence-corrected chi connectivity index (χ0v) is 5.87. The van der Waals surface area contributed by atoms with E-state index in [2.05, 4.69) is 12.0 Å². The smallest absolute Gasteiger partial charge is 0.306 e. The quantitative estimate of drug-likeness (QED) is 0.592. The Morgan fingerprint density at radius 2 is 2.09 bits per heavy atom. The van der Waals surface area contributed by atoms with Gasteiger partial charge in [-0.3, -0.25) is 4.57 Å².